The Morgan fingerprint density at radius 2 is 1.70 bits per heavy atom. The number of hydrogen-bond acceptors (Lipinski definition) is 4. The van der Waals surface area contributed by atoms with Gasteiger partial charge in [0.25, 0.3) is 17.7 Å². The Hall–Kier alpha value is -5.02. The fraction of sp³-hybridized carbons (Fsp3) is 0.206. The van der Waals surface area contributed by atoms with Crippen molar-refractivity contribution in [1.29, 1.82) is 0 Å². The molecular formula is C34H30FN5O3. The number of anilines is 1. The Morgan fingerprint density at radius 1 is 0.907 bits per heavy atom. The summed E-state index contributed by atoms with van der Waals surface area (Å²) in [6.45, 7) is 5.31. The molecule has 9 heteroatoms. The molecule has 43 heavy (non-hydrogen) atoms. The van der Waals surface area contributed by atoms with Crippen LogP contribution in [0.3, 0.4) is 0 Å². The molecule has 2 aliphatic rings. The maximum absolute atomic E-state index is 13.9. The summed E-state index contributed by atoms with van der Waals surface area (Å²) in [5.41, 5.74) is 12.5. The molecule has 0 spiro atoms. The largest absolute Gasteiger partial charge is 0.366 e. The summed E-state index contributed by atoms with van der Waals surface area (Å²) >= 11 is 0. The average Bonchev–Trinajstić information content (AvgIpc) is 3.54. The van der Waals surface area contributed by atoms with E-state index in [2.05, 4.69) is 9.88 Å². The number of nitrogens with one attached hydrogen (secondary N) is 1. The number of likely N-dealkylation sites (N-methyl/N-ethyl adjacent to an activating group) is 1. The van der Waals surface area contributed by atoms with E-state index < -0.39 is 11.7 Å². The predicted octanol–water partition coefficient (Wildman–Crippen LogP) is 5.08. The predicted molar refractivity (Wildman–Crippen MR) is 165 cm³/mol. The van der Waals surface area contributed by atoms with Gasteiger partial charge in [0.15, 0.2) is 0 Å². The van der Waals surface area contributed by atoms with E-state index >= 15 is 0 Å². The lowest BCUT2D eigenvalue weighted by molar-refractivity contribution is 0.0664. The number of aromatic amines is 1. The lowest BCUT2D eigenvalue weighted by Crippen LogP contribution is -2.47. The third kappa shape index (κ3) is 4.35. The maximum Gasteiger partial charge on any atom is 0.259 e. The molecule has 216 valence electrons. The van der Waals surface area contributed by atoms with E-state index in [0.717, 1.165) is 57.3 Å². The zero-order valence-electron chi connectivity index (χ0n) is 23.9. The number of benzene rings is 4. The summed E-state index contributed by atoms with van der Waals surface area (Å²) in [5.74, 6) is -1.27. The second-order valence-electron chi connectivity index (χ2n) is 11.4. The number of carbonyl (C=O) groups excluding carboxylic acids is 3. The van der Waals surface area contributed by atoms with E-state index in [1.165, 1.54) is 12.1 Å². The van der Waals surface area contributed by atoms with Crippen molar-refractivity contribution < 1.29 is 18.8 Å². The summed E-state index contributed by atoms with van der Waals surface area (Å²) in [4.78, 5) is 48.2. The minimum absolute atomic E-state index is 0.0243. The Morgan fingerprint density at radius 3 is 2.47 bits per heavy atom. The van der Waals surface area contributed by atoms with E-state index in [0.29, 0.717) is 41.8 Å². The highest BCUT2D eigenvalue weighted by molar-refractivity contribution is 6.21. The highest BCUT2D eigenvalue weighted by atomic mass is 19.1. The summed E-state index contributed by atoms with van der Waals surface area (Å²) < 4.78 is 13.9. The van der Waals surface area contributed by atoms with Crippen molar-refractivity contribution in [3.05, 3.63) is 100 Å². The van der Waals surface area contributed by atoms with Gasteiger partial charge in [0, 0.05) is 59.3 Å². The smallest absolute Gasteiger partial charge is 0.259 e. The number of aromatic nitrogens is 1. The first-order chi connectivity index (χ1) is 20.7. The number of H-pyrrole nitrogens is 1. The van der Waals surface area contributed by atoms with E-state index in [9.17, 15) is 18.8 Å². The Labute approximate surface area is 247 Å². The molecule has 4 aromatic carbocycles. The normalized spacial score (nSPS) is 15.5. The van der Waals surface area contributed by atoms with Gasteiger partial charge in [-0.15, -0.1) is 0 Å². The van der Waals surface area contributed by atoms with Crippen LogP contribution in [-0.2, 0) is 6.54 Å². The van der Waals surface area contributed by atoms with E-state index in [1.54, 1.807) is 17.0 Å². The molecule has 3 amide bonds. The lowest BCUT2D eigenvalue weighted by Gasteiger charge is -2.32. The Bertz CT molecular complexity index is 1990. The van der Waals surface area contributed by atoms with Crippen LogP contribution in [0.15, 0.2) is 66.7 Å². The molecule has 0 atom stereocenters. The van der Waals surface area contributed by atoms with Gasteiger partial charge < -0.3 is 25.4 Å². The molecule has 0 unspecified atom stereocenters. The molecular weight excluding hydrogens is 545 g/mol. The van der Waals surface area contributed by atoms with Gasteiger partial charge in [-0.25, -0.2) is 4.39 Å². The lowest BCUT2D eigenvalue weighted by atomic mass is 9.93. The van der Waals surface area contributed by atoms with Crippen LogP contribution in [-0.4, -0.2) is 65.7 Å². The van der Waals surface area contributed by atoms with Crippen LogP contribution in [0.1, 0.15) is 42.2 Å². The Balaban J connectivity index is 1.34. The maximum atomic E-state index is 13.9. The standard InChI is InChI=1S/C34H30FN5O3/c1-19-23(4-3-5-29(19)40-18-21-6-8-22(35)17-27(21)34(40)43)24-10-11-26(32(36)41)31-30(24)25-9-7-20(16-28(25)37-31)33(42)39-14-12-38(2)13-15-39/h3-11,16-17,37H,12-15,18H2,1-2H3,(H2,36,41). The zero-order valence-corrected chi connectivity index (χ0v) is 23.9. The highest BCUT2D eigenvalue weighted by Crippen LogP contribution is 2.41. The van der Waals surface area contributed by atoms with Crippen molar-refractivity contribution in [1.82, 2.24) is 14.8 Å². The first-order valence-corrected chi connectivity index (χ1v) is 14.3. The number of nitrogens with two attached hydrogens (primary N) is 1. The quantitative estimate of drug-likeness (QED) is 0.312. The van der Waals surface area contributed by atoms with Crippen LogP contribution < -0.4 is 10.6 Å². The SMILES string of the molecule is Cc1c(-c2ccc(C(N)=O)c3[nH]c4cc(C(=O)N5CCN(C)CC5)ccc4c23)cccc1N1Cc2ccc(F)cc2C1=O. The number of amides is 3. The van der Waals surface area contributed by atoms with Crippen molar-refractivity contribution in [2.75, 3.05) is 38.1 Å². The number of fused-ring (bicyclic) bond motifs is 4. The van der Waals surface area contributed by atoms with Gasteiger partial charge >= 0.3 is 0 Å². The summed E-state index contributed by atoms with van der Waals surface area (Å²) in [6, 6.07) is 19.3. The number of rotatable bonds is 4. The van der Waals surface area contributed by atoms with Gasteiger partial charge in [0.1, 0.15) is 5.82 Å². The van der Waals surface area contributed by atoms with Crippen LogP contribution in [0.4, 0.5) is 10.1 Å². The highest BCUT2D eigenvalue weighted by Gasteiger charge is 2.30. The second kappa shape index (κ2) is 10.1. The first-order valence-electron chi connectivity index (χ1n) is 14.3. The summed E-state index contributed by atoms with van der Waals surface area (Å²) in [6.07, 6.45) is 0. The van der Waals surface area contributed by atoms with Crippen LogP contribution in [0.25, 0.3) is 32.9 Å². The van der Waals surface area contributed by atoms with Gasteiger partial charge in [-0.1, -0.05) is 30.3 Å². The van der Waals surface area contributed by atoms with Crippen LogP contribution in [0, 0.1) is 12.7 Å². The third-order valence-electron chi connectivity index (χ3n) is 8.82. The molecule has 3 N–H and O–H groups in total. The molecule has 0 saturated carbocycles. The molecule has 1 saturated heterocycles. The molecule has 0 radical (unpaired) electrons. The van der Waals surface area contributed by atoms with Gasteiger partial charge in [-0.2, -0.15) is 0 Å². The monoisotopic (exact) mass is 575 g/mol. The second-order valence-corrected chi connectivity index (χ2v) is 11.4. The van der Waals surface area contributed by atoms with Gasteiger partial charge in [0.2, 0.25) is 0 Å². The number of piperazine rings is 1. The van der Waals surface area contributed by atoms with Gasteiger partial charge in [0.05, 0.1) is 17.6 Å². The van der Waals surface area contributed by atoms with E-state index in [1.807, 2.05) is 61.3 Å². The number of halogens is 1. The van der Waals surface area contributed by atoms with Gasteiger partial charge in [-0.05, 0) is 72.6 Å². The first kappa shape index (κ1) is 26.9. The minimum Gasteiger partial charge on any atom is -0.366 e. The molecule has 5 aromatic rings. The minimum atomic E-state index is -0.560. The molecule has 0 bridgehead atoms. The van der Waals surface area contributed by atoms with Crippen LogP contribution >= 0.6 is 0 Å². The average molecular weight is 576 g/mol. The van der Waals surface area contributed by atoms with E-state index in [-0.39, 0.29) is 11.8 Å². The van der Waals surface area contributed by atoms with Crippen molar-refractivity contribution in [2.24, 2.45) is 5.73 Å². The molecule has 7 rings (SSSR count). The molecule has 1 fully saturated rings. The van der Waals surface area contributed by atoms with Crippen LogP contribution in [0.2, 0.25) is 0 Å². The van der Waals surface area contributed by atoms with Crippen molar-refractivity contribution in [3.63, 3.8) is 0 Å². The van der Waals surface area contributed by atoms with Crippen molar-refractivity contribution >= 4 is 45.2 Å². The van der Waals surface area contributed by atoms with Gasteiger partial charge in [-0.3, -0.25) is 14.4 Å². The number of primary amides is 1. The number of nitrogens with zero attached hydrogens (tertiary/aromatic N) is 3. The molecule has 1 aromatic heterocycles. The van der Waals surface area contributed by atoms with Crippen molar-refractivity contribution in [2.45, 2.75) is 13.5 Å². The summed E-state index contributed by atoms with van der Waals surface area (Å²) in [5, 5.41) is 1.66. The third-order valence-corrected chi connectivity index (χ3v) is 8.82. The van der Waals surface area contributed by atoms with Crippen LogP contribution in [0.5, 0.6) is 0 Å². The molecule has 2 aliphatic heterocycles. The molecule has 0 aliphatic carbocycles. The topological polar surface area (TPSA) is 103 Å². The fourth-order valence-electron chi connectivity index (χ4n) is 6.44. The number of carbonyl (C=O) groups is 3. The molecule has 8 nitrogen and oxygen atoms in total. The van der Waals surface area contributed by atoms with E-state index in [4.69, 9.17) is 5.73 Å². The molecule has 3 heterocycles. The van der Waals surface area contributed by atoms with Crippen molar-refractivity contribution in [3.8, 4) is 11.1 Å². The zero-order chi connectivity index (χ0) is 30.0. The Kier molecular flexibility index (Phi) is 6.28. The summed E-state index contributed by atoms with van der Waals surface area (Å²) in [7, 11) is 2.05. The number of hydrogen-bond donors (Lipinski definition) is 2. The fourth-order valence-corrected chi connectivity index (χ4v) is 6.44.